The van der Waals surface area contributed by atoms with Crippen molar-refractivity contribution < 1.29 is 14.4 Å². The standard InChI is InChI=1S/C27H20BrN3O3/c1-15-21(27(29)31(30-15)18-7-3-2-4-8-18)22(24(32)16-11-13-17(28)14-12-16)23-25(33)19-9-5-6-10-20(19)26(23)34/h2-14,22-23H,29H2,1H3. The molecule has 0 fully saturated rings. The number of nitrogens with zero attached hydrogens (tertiary/aromatic N) is 2. The maximum absolute atomic E-state index is 13.9. The molecule has 1 aromatic heterocycles. The van der Waals surface area contributed by atoms with Crippen LogP contribution >= 0.6 is 15.9 Å². The Morgan fingerprint density at radius 1 is 0.912 bits per heavy atom. The molecule has 7 heteroatoms. The highest BCUT2D eigenvalue weighted by molar-refractivity contribution is 9.10. The van der Waals surface area contributed by atoms with Crippen LogP contribution in [0.3, 0.4) is 0 Å². The van der Waals surface area contributed by atoms with Crippen molar-refractivity contribution in [3.63, 3.8) is 0 Å². The molecule has 2 N–H and O–H groups in total. The molecule has 4 aromatic rings. The Kier molecular flexibility index (Phi) is 5.49. The third-order valence-corrected chi connectivity index (χ3v) is 6.75. The molecule has 5 rings (SSSR count). The summed E-state index contributed by atoms with van der Waals surface area (Å²) < 4.78 is 2.36. The first-order valence-electron chi connectivity index (χ1n) is 10.8. The molecule has 0 saturated carbocycles. The summed E-state index contributed by atoms with van der Waals surface area (Å²) >= 11 is 3.38. The second-order valence-corrected chi connectivity index (χ2v) is 9.15. The Hall–Kier alpha value is -3.84. The lowest BCUT2D eigenvalue weighted by Gasteiger charge is -2.21. The van der Waals surface area contributed by atoms with Gasteiger partial charge in [-0.25, -0.2) is 4.68 Å². The molecule has 1 atom stereocenters. The summed E-state index contributed by atoms with van der Waals surface area (Å²) in [6.07, 6.45) is 0. The zero-order valence-corrected chi connectivity index (χ0v) is 19.8. The van der Waals surface area contributed by atoms with Gasteiger partial charge in [-0.2, -0.15) is 5.10 Å². The second kappa shape index (κ2) is 8.50. The first-order chi connectivity index (χ1) is 16.4. The fraction of sp³-hybridized carbons (Fsp3) is 0.111. The zero-order valence-electron chi connectivity index (χ0n) is 18.2. The van der Waals surface area contributed by atoms with Crippen LogP contribution in [0.4, 0.5) is 5.82 Å². The largest absolute Gasteiger partial charge is 0.383 e. The first kappa shape index (κ1) is 22.0. The molecule has 0 radical (unpaired) electrons. The van der Waals surface area contributed by atoms with Gasteiger partial charge in [-0.1, -0.05) is 70.5 Å². The van der Waals surface area contributed by atoms with E-state index in [9.17, 15) is 14.4 Å². The molecular formula is C27H20BrN3O3. The van der Waals surface area contributed by atoms with E-state index in [1.807, 2.05) is 30.3 Å². The molecule has 0 aliphatic heterocycles. The van der Waals surface area contributed by atoms with Crippen LogP contribution in [0.1, 0.15) is 48.2 Å². The summed E-state index contributed by atoms with van der Waals surface area (Å²) in [5.41, 5.74) is 9.22. The SMILES string of the molecule is Cc1nn(-c2ccccc2)c(N)c1C(C(=O)c1ccc(Br)cc1)C1C(=O)c2ccccc2C1=O. The number of anilines is 1. The van der Waals surface area contributed by atoms with E-state index in [1.54, 1.807) is 60.1 Å². The molecule has 1 aliphatic carbocycles. The Morgan fingerprint density at radius 2 is 1.47 bits per heavy atom. The van der Waals surface area contributed by atoms with Crippen LogP contribution in [0.5, 0.6) is 0 Å². The summed E-state index contributed by atoms with van der Waals surface area (Å²) in [4.78, 5) is 40.8. The predicted octanol–water partition coefficient (Wildman–Crippen LogP) is 5.19. The fourth-order valence-electron chi connectivity index (χ4n) is 4.62. The number of nitrogens with two attached hydrogens (primary N) is 1. The van der Waals surface area contributed by atoms with Crippen molar-refractivity contribution in [2.45, 2.75) is 12.8 Å². The highest BCUT2D eigenvalue weighted by atomic mass is 79.9. The lowest BCUT2D eigenvalue weighted by molar-refractivity contribution is 0.0757. The summed E-state index contributed by atoms with van der Waals surface area (Å²) in [6, 6.07) is 22.8. The van der Waals surface area contributed by atoms with Crippen LogP contribution < -0.4 is 5.73 Å². The number of carbonyl (C=O) groups excluding carboxylic acids is 3. The third kappa shape index (κ3) is 3.49. The number of para-hydroxylation sites is 1. The number of fused-ring (bicyclic) bond motifs is 1. The van der Waals surface area contributed by atoms with Gasteiger partial charge in [0, 0.05) is 26.7 Å². The van der Waals surface area contributed by atoms with Gasteiger partial charge in [0.05, 0.1) is 17.3 Å². The monoisotopic (exact) mass is 513 g/mol. The Morgan fingerprint density at radius 3 is 2.06 bits per heavy atom. The van der Waals surface area contributed by atoms with Gasteiger partial charge in [-0.15, -0.1) is 0 Å². The number of nitrogen functional groups attached to an aromatic ring is 1. The van der Waals surface area contributed by atoms with Gasteiger partial charge in [-0.3, -0.25) is 14.4 Å². The molecule has 6 nitrogen and oxygen atoms in total. The molecule has 0 amide bonds. The molecule has 1 aliphatic rings. The van der Waals surface area contributed by atoms with Crippen LogP contribution in [0.2, 0.25) is 0 Å². The van der Waals surface area contributed by atoms with Crippen LogP contribution in [-0.2, 0) is 0 Å². The van der Waals surface area contributed by atoms with Crippen molar-refractivity contribution >= 4 is 39.1 Å². The molecular weight excluding hydrogens is 494 g/mol. The van der Waals surface area contributed by atoms with Crippen LogP contribution in [-0.4, -0.2) is 27.1 Å². The predicted molar refractivity (Wildman–Crippen MR) is 133 cm³/mol. The van der Waals surface area contributed by atoms with Crippen LogP contribution in [0.15, 0.2) is 83.3 Å². The molecule has 0 bridgehead atoms. The van der Waals surface area contributed by atoms with Gasteiger partial charge in [-0.05, 0) is 31.2 Å². The highest BCUT2D eigenvalue weighted by Gasteiger charge is 2.48. The number of ketones is 3. The van der Waals surface area contributed by atoms with E-state index in [4.69, 9.17) is 5.73 Å². The summed E-state index contributed by atoms with van der Waals surface area (Å²) in [7, 11) is 0. The average molecular weight is 514 g/mol. The Bertz CT molecular complexity index is 1410. The number of aryl methyl sites for hydroxylation is 1. The highest BCUT2D eigenvalue weighted by Crippen LogP contribution is 2.42. The van der Waals surface area contributed by atoms with Gasteiger partial charge in [0.25, 0.3) is 0 Å². The van der Waals surface area contributed by atoms with Gasteiger partial charge in [0.2, 0.25) is 0 Å². The summed E-state index contributed by atoms with van der Waals surface area (Å²) in [5, 5.41) is 4.57. The lowest BCUT2D eigenvalue weighted by atomic mass is 9.77. The van der Waals surface area contributed by atoms with Gasteiger partial charge in [0.1, 0.15) is 11.7 Å². The Labute approximate surface area is 204 Å². The number of hydrogen-bond acceptors (Lipinski definition) is 5. The molecule has 3 aromatic carbocycles. The van der Waals surface area contributed by atoms with Crippen LogP contribution in [0, 0.1) is 12.8 Å². The van der Waals surface area contributed by atoms with E-state index in [-0.39, 0.29) is 23.2 Å². The van der Waals surface area contributed by atoms with Crippen molar-refractivity contribution in [3.8, 4) is 5.69 Å². The first-order valence-corrected chi connectivity index (χ1v) is 11.6. The number of rotatable bonds is 5. The third-order valence-electron chi connectivity index (χ3n) is 6.22. The minimum absolute atomic E-state index is 0.232. The number of carbonyl (C=O) groups is 3. The van der Waals surface area contributed by atoms with Crippen molar-refractivity contribution in [1.82, 2.24) is 9.78 Å². The molecule has 0 saturated heterocycles. The summed E-state index contributed by atoms with van der Waals surface area (Å²) in [6.45, 7) is 1.74. The van der Waals surface area contributed by atoms with E-state index >= 15 is 0 Å². The van der Waals surface area contributed by atoms with E-state index in [1.165, 1.54) is 0 Å². The van der Waals surface area contributed by atoms with Gasteiger partial charge >= 0.3 is 0 Å². The molecule has 34 heavy (non-hydrogen) atoms. The lowest BCUT2D eigenvalue weighted by Crippen LogP contribution is -2.31. The number of Topliss-reactive ketones (excluding diaryl/α,β-unsaturated/α-hetero) is 3. The van der Waals surface area contributed by atoms with E-state index < -0.39 is 11.8 Å². The molecule has 168 valence electrons. The number of benzene rings is 3. The zero-order chi connectivity index (χ0) is 24.0. The molecule has 0 spiro atoms. The second-order valence-electron chi connectivity index (χ2n) is 8.23. The topological polar surface area (TPSA) is 95.1 Å². The minimum Gasteiger partial charge on any atom is -0.383 e. The smallest absolute Gasteiger partial charge is 0.175 e. The van der Waals surface area contributed by atoms with Gasteiger partial charge in [0.15, 0.2) is 17.3 Å². The fourth-order valence-corrected chi connectivity index (χ4v) is 4.88. The van der Waals surface area contributed by atoms with Crippen molar-refractivity contribution in [3.05, 3.63) is 111 Å². The molecule has 1 unspecified atom stereocenters. The van der Waals surface area contributed by atoms with E-state index in [2.05, 4.69) is 21.0 Å². The molecule has 1 heterocycles. The summed E-state index contributed by atoms with van der Waals surface area (Å²) in [5.74, 6) is -3.18. The normalized spacial score (nSPS) is 14.3. The van der Waals surface area contributed by atoms with E-state index in [0.29, 0.717) is 27.9 Å². The van der Waals surface area contributed by atoms with Crippen LogP contribution in [0.25, 0.3) is 5.69 Å². The number of halogens is 1. The quantitative estimate of drug-likeness (QED) is 0.292. The van der Waals surface area contributed by atoms with Gasteiger partial charge < -0.3 is 5.73 Å². The minimum atomic E-state index is -1.21. The number of hydrogen-bond donors (Lipinski definition) is 1. The average Bonchev–Trinajstić information content (AvgIpc) is 3.29. The maximum atomic E-state index is 13.9. The van der Waals surface area contributed by atoms with Crippen molar-refractivity contribution in [1.29, 1.82) is 0 Å². The van der Waals surface area contributed by atoms with Crippen molar-refractivity contribution in [2.75, 3.05) is 5.73 Å². The maximum Gasteiger partial charge on any atom is 0.175 e. The Balaban J connectivity index is 1.70. The van der Waals surface area contributed by atoms with E-state index in [0.717, 1.165) is 10.2 Å². The van der Waals surface area contributed by atoms with Crippen molar-refractivity contribution in [2.24, 2.45) is 5.92 Å². The number of aromatic nitrogens is 2.